The summed E-state index contributed by atoms with van der Waals surface area (Å²) in [6, 6.07) is 16.1. The number of anilines is 1. The van der Waals surface area contributed by atoms with Crippen LogP contribution in [0.4, 0.5) is 19.1 Å². The molecule has 1 atom stereocenters. The van der Waals surface area contributed by atoms with Gasteiger partial charge in [0.1, 0.15) is 11.5 Å². The monoisotopic (exact) mass is 576 g/mol. The summed E-state index contributed by atoms with van der Waals surface area (Å²) in [6.07, 6.45) is 1.74. The van der Waals surface area contributed by atoms with Crippen molar-refractivity contribution in [2.75, 3.05) is 12.8 Å². The number of ether oxygens (including phenoxy) is 1. The number of hydrogen-bond donors (Lipinski definition) is 2. The SMILES string of the molecule is CN(C(=O)CC[C@@H](CC(C)(C)C)n1c(N)nc2ccc(Oc3ccccc3)cc21)C1CCCC1.O=C(O)C(F)(F)F. The van der Waals surface area contributed by atoms with Crippen molar-refractivity contribution in [3.8, 4) is 11.5 Å². The van der Waals surface area contributed by atoms with Crippen molar-refractivity contribution in [2.45, 2.75) is 84.0 Å². The molecule has 3 N–H and O–H groups in total. The third kappa shape index (κ3) is 9.12. The molecule has 11 heteroatoms. The van der Waals surface area contributed by atoms with Gasteiger partial charge < -0.3 is 25.0 Å². The number of carbonyl (C=O) groups excluding carboxylic acids is 1. The van der Waals surface area contributed by atoms with E-state index in [1.165, 1.54) is 12.8 Å². The lowest BCUT2D eigenvalue weighted by molar-refractivity contribution is -0.192. The van der Waals surface area contributed by atoms with E-state index in [4.69, 9.17) is 20.4 Å². The van der Waals surface area contributed by atoms with Crippen molar-refractivity contribution >= 4 is 28.9 Å². The standard InChI is InChI=1S/C28H38N4O2.C2HF3O2/c1-28(2,3)19-21(14-17-26(33)31(4)20-10-8-9-11-20)32-25-18-23(15-16-24(25)30-27(32)29)34-22-12-6-5-7-13-22;3-2(4,5)1(6)7/h5-7,12-13,15-16,18,20-21H,8-11,14,17,19H2,1-4H3,(H2,29,30);(H,6,7)/t21-;/m0./s1. The molecule has 0 unspecified atom stereocenters. The van der Waals surface area contributed by atoms with Crippen molar-refractivity contribution in [1.29, 1.82) is 0 Å². The second-order valence-electron chi connectivity index (χ2n) is 11.6. The number of alkyl halides is 3. The highest BCUT2D eigenvalue weighted by Gasteiger charge is 2.38. The minimum absolute atomic E-state index is 0.0675. The van der Waals surface area contributed by atoms with E-state index >= 15 is 0 Å². The molecule has 8 nitrogen and oxygen atoms in total. The van der Waals surface area contributed by atoms with Gasteiger partial charge in [-0.15, -0.1) is 0 Å². The number of amides is 1. The number of carboxylic acids is 1. The molecule has 1 fully saturated rings. The predicted octanol–water partition coefficient (Wildman–Crippen LogP) is 7.20. The Bertz CT molecular complexity index is 1310. The summed E-state index contributed by atoms with van der Waals surface area (Å²) in [5.74, 6) is -0.522. The maximum Gasteiger partial charge on any atom is 0.490 e. The van der Waals surface area contributed by atoms with Crippen molar-refractivity contribution in [1.82, 2.24) is 14.5 Å². The summed E-state index contributed by atoms with van der Waals surface area (Å²) in [7, 11) is 1.96. The van der Waals surface area contributed by atoms with Crippen LogP contribution in [0.1, 0.15) is 71.8 Å². The Kier molecular flexibility index (Phi) is 10.3. The zero-order valence-corrected chi connectivity index (χ0v) is 23.9. The van der Waals surface area contributed by atoms with E-state index in [9.17, 15) is 18.0 Å². The van der Waals surface area contributed by atoms with Gasteiger partial charge in [-0.25, -0.2) is 9.78 Å². The fraction of sp³-hybridized carbons (Fsp3) is 0.500. The first-order valence-corrected chi connectivity index (χ1v) is 13.7. The Balaban J connectivity index is 0.000000587. The molecule has 1 aromatic heterocycles. The molecule has 2 aromatic carbocycles. The number of aliphatic carboxylic acids is 1. The van der Waals surface area contributed by atoms with E-state index < -0.39 is 12.1 Å². The number of aromatic nitrogens is 2. The number of benzene rings is 2. The van der Waals surface area contributed by atoms with Gasteiger partial charge in [-0.1, -0.05) is 51.8 Å². The predicted molar refractivity (Wildman–Crippen MR) is 152 cm³/mol. The molecule has 0 aliphatic heterocycles. The van der Waals surface area contributed by atoms with Crippen molar-refractivity contribution < 1.29 is 32.6 Å². The molecule has 3 aromatic rings. The zero-order chi connectivity index (χ0) is 30.4. The maximum atomic E-state index is 13.0. The number of hydrogen-bond acceptors (Lipinski definition) is 5. The third-order valence-corrected chi connectivity index (χ3v) is 7.08. The van der Waals surface area contributed by atoms with Crippen LogP contribution in [0.3, 0.4) is 0 Å². The van der Waals surface area contributed by atoms with Crippen LogP contribution >= 0.6 is 0 Å². The van der Waals surface area contributed by atoms with Crippen molar-refractivity contribution in [3.63, 3.8) is 0 Å². The summed E-state index contributed by atoms with van der Waals surface area (Å²) in [5, 5.41) is 7.12. The molecule has 0 bridgehead atoms. The smallest absolute Gasteiger partial charge is 0.475 e. The number of carbonyl (C=O) groups is 2. The van der Waals surface area contributed by atoms with E-state index in [-0.39, 0.29) is 17.4 Å². The first-order chi connectivity index (χ1) is 19.2. The van der Waals surface area contributed by atoms with Crippen LogP contribution in [0.5, 0.6) is 11.5 Å². The van der Waals surface area contributed by atoms with Crippen LogP contribution in [-0.2, 0) is 9.59 Å². The van der Waals surface area contributed by atoms with Crippen LogP contribution in [-0.4, -0.2) is 50.7 Å². The highest BCUT2D eigenvalue weighted by atomic mass is 19.4. The summed E-state index contributed by atoms with van der Waals surface area (Å²) >= 11 is 0. The second kappa shape index (κ2) is 13.3. The summed E-state index contributed by atoms with van der Waals surface area (Å²) in [6.45, 7) is 6.68. The molecule has 0 spiro atoms. The van der Waals surface area contributed by atoms with Gasteiger partial charge in [0, 0.05) is 31.6 Å². The van der Waals surface area contributed by atoms with Gasteiger partial charge in [-0.2, -0.15) is 13.2 Å². The molecule has 1 aliphatic rings. The number of halogens is 3. The lowest BCUT2D eigenvalue weighted by atomic mass is 9.86. The van der Waals surface area contributed by atoms with Gasteiger partial charge in [0.25, 0.3) is 0 Å². The van der Waals surface area contributed by atoms with Gasteiger partial charge in [0.2, 0.25) is 11.9 Å². The number of fused-ring (bicyclic) bond motifs is 1. The molecular formula is C30H39F3N4O4. The van der Waals surface area contributed by atoms with Crippen LogP contribution in [0, 0.1) is 5.41 Å². The molecule has 0 radical (unpaired) electrons. The van der Waals surface area contributed by atoms with Crippen LogP contribution in [0.2, 0.25) is 0 Å². The summed E-state index contributed by atoms with van der Waals surface area (Å²) in [4.78, 5) is 28.5. The van der Waals surface area contributed by atoms with Crippen molar-refractivity contribution in [3.05, 3.63) is 48.5 Å². The molecule has 1 saturated carbocycles. The Morgan fingerprint density at radius 3 is 2.27 bits per heavy atom. The van der Waals surface area contributed by atoms with E-state index in [2.05, 4.69) is 30.3 Å². The normalized spacial score (nSPS) is 14.8. The average Bonchev–Trinajstić information content (AvgIpc) is 3.53. The topological polar surface area (TPSA) is 111 Å². The van der Waals surface area contributed by atoms with Crippen LogP contribution < -0.4 is 10.5 Å². The second-order valence-corrected chi connectivity index (χ2v) is 11.6. The minimum atomic E-state index is -5.08. The Hall–Kier alpha value is -3.76. The number of nitrogen functional groups attached to an aromatic ring is 1. The van der Waals surface area contributed by atoms with Gasteiger partial charge >= 0.3 is 12.1 Å². The van der Waals surface area contributed by atoms with E-state index in [0.717, 1.165) is 48.2 Å². The third-order valence-electron chi connectivity index (χ3n) is 7.08. The zero-order valence-electron chi connectivity index (χ0n) is 23.9. The van der Waals surface area contributed by atoms with Crippen LogP contribution in [0.15, 0.2) is 48.5 Å². The average molecular weight is 577 g/mol. The summed E-state index contributed by atoms with van der Waals surface area (Å²) < 4.78 is 39.9. The molecular weight excluding hydrogens is 537 g/mol. The lowest BCUT2D eigenvalue weighted by Crippen LogP contribution is -2.35. The van der Waals surface area contributed by atoms with E-state index in [1.54, 1.807) is 0 Å². The Labute approximate surface area is 238 Å². The fourth-order valence-electron chi connectivity index (χ4n) is 5.15. The quantitative estimate of drug-likeness (QED) is 0.293. The summed E-state index contributed by atoms with van der Waals surface area (Å²) in [5.41, 5.74) is 8.31. The van der Waals surface area contributed by atoms with E-state index in [1.807, 2.05) is 60.5 Å². The number of nitrogens with zero attached hydrogens (tertiary/aromatic N) is 3. The van der Waals surface area contributed by atoms with Crippen molar-refractivity contribution in [2.24, 2.45) is 5.41 Å². The molecule has 1 aliphatic carbocycles. The molecule has 224 valence electrons. The van der Waals surface area contributed by atoms with Crippen LogP contribution in [0.25, 0.3) is 11.0 Å². The number of rotatable bonds is 8. The number of carboxylic acid groups (broad SMARTS) is 1. The molecule has 4 rings (SSSR count). The molecule has 1 amide bonds. The molecule has 1 heterocycles. The Morgan fingerprint density at radius 1 is 1.10 bits per heavy atom. The minimum Gasteiger partial charge on any atom is -0.475 e. The first-order valence-electron chi connectivity index (χ1n) is 13.7. The number of para-hydroxylation sites is 1. The van der Waals surface area contributed by atoms with Gasteiger partial charge in [0.15, 0.2) is 0 Å². The maximum absolute atomic E-state index is 13.0. The largest absolute Gasteiger partial charge is 0.490 e. The molecule has 41 heavy (non-hydrogen) atoms. The fourth-order valence-corrected chi connectivity index (χ4v) is 5.15. The van der Waals surface area contributed by atoms with Gasteiger partial charge in [0.05, 0.1) is 11.0 Å². The highest BCUT2D eigenvalue weighted by Crippen LogP contribution is 2.37. The van der Waals surface area contributed by atoms with E-state index in [0.29, 0.717) is 18.4 Å². The first kappa shape index (κ1) is 31.8. The number of nitrogens with two attached hydrogens (primary N) is 1. The van der Waals surface area contributed by atoms with Gasteiger partial charge in [-0.05, 0) is 55.4 Å². The lowest BCUT2D eigenvalue weighted by Gasteiger charge is -2.30. The van der Waals surface area contributed by atoms with Gasteiger partial charge in [-0.3, -0.25) is 4.79 Å². The molecule has 0 saturated heterocycles. The Morgan fingerprint density at radius 2 is 1.71 bits per heavy atom. The number of imidazole rings is 1. The highest BCUT2D eigenvalue weighted by molar-refractivity contribution is 5.80.